The van der Waals surface area contributed by atoms with Crippen molar-refractivity contribution in [2.24, 2.45) is 0 Å². The Morgan fingerprint density at radius 1 is 1.20 bits per heavy atom. The van der Waals surface area contributed by atoms with E-state index in [1.807, 2.05) is 79.9 Å². The maximum Gasteiger partial charge on any atom is 0.234 e. The number of anilines is 2. The monoisotopic (exact) mass is 421 g/mol. The highest BCUT2D eigenvalue weighted by molar-refractivity contribution is 7.99. The number of nitrogens with one attached hydrogen (secondary N) is 1. The normalized spacial score (nSPS) is 10.7. The van der Waals surface area contributed by atoms with Gasteiger partial charge in [-0.25, -0.2) is 0 Å². The van der Waals surface area contributed by atoms with Crippen molar-refractivity contribution in [3.05, 3.63) is 66.2 Å². The predicted octanol–water partition coefficient (Wildman–Crippen LogP) is 4.54. The second-order valence-electron chi connectivity index (χ2n) is 7.23. The second kappa shape index (κ2) is 9.63. The summed E-state index contributed by atoms with van der Waals surface area (Å²) < 4.78 is 1.98. The molecule has 6 nitrogen and oxygen atoms in total. The quantitative estimate of drug-likeness (QED) is 0.427. The Morgan fingerprint density at radius 3 is 2.70 bits per heavy atom. The SMILES string of the molecule is C=CCn1c(SCC(=O)Nc2cccc(C)c2C)nnc1-c1cccc(N(C)C)c1. The van der Waals surface area contributed by atoms with Crippen molar-refractivity contribution >= 4 is 29.0 Å². The van der Waals surface area contributed by atoms with E-state index in [9.17, 15) is 4.79 Å². The fourth-order valence-electron chi connectivity index (χ4n) is 3.03. The molecule has 0 bridgehead atoms. The number of aryl methyl sites for hydroxylation is 1. The molecule has 30 heavy (non-hydrogen) atoms. The van der Waals surface area contributed by atoms with Crippen LogP contribution in [0.5, 0.6) is 0 Å². The number of nitrogens with zero attached hydrogens (tertiary/aromatic N) is 4. The molecule has 0 aliphatic rings. The largest absolute Gasteiger partial charge is 0.378 e. The van der Waals surface area contributed by atoms with Crippen LogP contribution < -0.4 is 10.2 Å². The zero-order valence-corrected chi connectivity index (χ0v) is 18.7. The highest BCUT2D eigenvalue weighted by atomic mass is 32.2. The Morgan fingerprint density at radius 2 is 1.97 bits per heavy atom. The predicted molar refractivity (Wildman–Crippen MR) is 125 cm³/mol. The van der Waals surface area contributed by atoms with Crippen molar-refractivity contribution in [2.75, 3.05) is 30.1 Å². The number of allylic oxidation sites excluding steroid dienone is 1. The van der Waals surface area contributed by atoms with E-state index in [-0.39, 0.29) is 11.7 Å². The van der Waals surface area contributed by atoms with E-state index in [1.54, 1.807) is 0 Å². The Balaban J connectivity index is 1.77. The maximum absolute atomic E-state index is 12.5. The van der Waals surface area contributed by atoms with Gasteiger partial charge in [0, 0.05) is 37.6 Å². The Kier molecular flexibility index (Phi) is 6.95. The van der Waals surface area contributed by atoms with E-state index in [2.05, 4.69) is 28.2 Å². The van der Waals surface area contributed by atoms with Crippen molar-refractivity contribution < 1.29 is 4.79 Å². The molecule has 1 N–H and O–H groups in total. The Bertz CT molecular complexity index is 1060. The summed E-state index contributed by atoms with van der Waals surface area (Å²) in [7, 11) is 4.01. The van der Waals surface area contributed by atoms with Crippen molar-refractivity contribution in [1.82, 2.24) is 14.8 Å². The Hall–Kier alpha value is -3.06. The van der Waals surface area contributed by atoms with Gasteiger partial charge in [0.1, 0.15) is 0 Å². The molecule has 0 fully saturated rings. The second-order valence-corrected chi connectivity index (χ2v) is 8.18. The number of amides is 1. The summed E-state index contributed by atoms with van der Waals surface area (Å²) in [4.78, 5) is 14.5. The molecule has 0 aliphatic heterocycles. The number of aromatic nitrogens is 3. The third kappa shape index (κ3) is 4.91. The molecule has 156 valence electrons. The lowest BCUT2D eigenvalue weighted by Crippen LogP contribution is -2.15. The van der Waals surface area contributed by atoms with Gasteiger partial charge in [-0.05, 0) is 43.2 Å². The van der Waals surface area contributed by atoms with E-state index in [0.717, 1.165) is 33.9 Å². The lowest BCUT2D eigenvalue weighted by molar-refractivity contribution is -0.113. The van der Waals surface area contributed by atoms with Gasteiger partial charge in [-0.15, -0.1) is 16.8 Å². The first-order chi connectivity index (χ1) is 14.4. The van der Waals surface area contributed by atoms with Gasteiger partial charge >= 0.3 is 0 Å². The Labute approximate surface area is 182 Å². The first kappa shape index (κ1) is 21.6. The van der Waals surface area contributed by atoms with Crippen molar-refractivity contribution in [3.8, 4) is 11.4 Å². The van der Waals surface area contributed by atoms with Gasteiger partial charge in [-0.3, -0.25) is 9.36 Å². The number of carbonyl (C=O) groups excluding carboxylic acids is 1. The number of rotatable bonds is 8. The van der Waals surface area contributed by atoms with Gasteiger partial charge in [-0.1, -0.05) is 42.1 Å². The summed E-state index contributed by atoms with van der Waals surface area (Å²) in [6.45, 7) is 8.46. The number of hydrogen-bond acceptors (Lipinski definition) is 5. The molecule has 1 heterocycles. The van der Waals surface area contributed by atoms with Gasteiger partial charge < -0.3 is 10.2 Å². The van der Waals surface area contributed by atoms with Crippen LogP contribution in [-0.4, -0.2) is 40.5 Å². The van der Waals surface area contributed by atoms with Gasteiger partial charge in [0.05, 0.1) is 5.75 Å². The summed E-state index contributed by atoms with van der Waals surface area (Å²) in [6, 6.07) is 14.0. The molecule has 0 radical (unpaired) electrons. The van der Waals surface area contributed by atoms with Crippen LogP contribution in [-0.2, 0) is 11.3 Å². The number of benzene rings is 2. The molecule has 1 amide bonds. The van der Waals surface area contributed by atoms with E-state index in [1.165, 1.54) is 11.8 Å². The van der Waals surface area contributed by atoms with Crippen LogP contribution in [0.25, 0.3) is 11.4 Å². The number of carbonyl (C=O) groups is 1. The minimum Gasteiger partial charge on any atom is -0.378 e. The molecule has 0 spiro atoms. The molecular weight excluding hydrogens is 394 g/mol. The zero-order valence-electron chi connectivity index (χ0n) is 17.8. The molecule has 0 unspecified atom stereocenters. The highest BCUT2D eigenvalue weighted by Gasteiger charge is 2.16. The average Bonchev–Trinajstić information content (AvgIpc) is 3.13. The molecule has 2 aromatic carbocycles. The first-order valence-electron chi connectivity index (χ1n) is 9.71. The minimum absolute atomic E-state index is 0.0713. The molecule has 0 saturated carbocycles. The third-order valence-corrected chi connectivity index (χ3v) is 5.83. The van der Waals surface area contributed by atoms with Crippen LogP contribution in [0.3, 0.4) is 0 Å². The molecule has 7 heteroatoms. The summed E-state index contributed by atoms with van der Waals surface area (Å²) in [5.41, 5.74) is 5.13. The molecular formula is C23H27N5OS. The van der Waals surface area contributed by atoms with Crippen molar-refractivity contribution in [1.29, 1.82) is 0 Å². The summed E-state index contributed by atoms with van der Waals surface area (Å²) >= 11 is 1.37. The number of hydrogen-bond donors (Lipinski definition) is 1. The summed E-state index contributed by atoms with van der Waals surface area (Å²) in [5.74, 6) is 0.939. The third-order valence-electron chi connectivity index (χ3n) is 4.86. The fourth-order valence-corrected chi connectivity index (χ4v) is 3.78. The standard InChI is InChI=1S/C23H27N5OS/c1-6-13-28-22(18-10-8-11-19(14-18)27(4)5)25-26-23(28)30-15-21(29)24-20-12-7-9-16(2)17(20)3/h6-12,14H,1,13,15H2,2-5H3,(H,24,29). The fraction of sp³-hybridized carbons (Fsp3) is 0.261. The van der Waals surface area contributed by atoms with E-state index >= 15 is 0 Å². The molecule has 3 rings (SSSR count). The maximum atomic E-state index is 12.5. The lowest BCUT2D eigenvalue weighted by Gasteiger charge is -2.14. The smallest absolute Gasteiger partial charge is 0.234 e. The number of thioether (sulfide) groups is 1. The van der Waals surface area contributed by atoms with Crippen molar-refractivity contribution in [3.63, 3.8) is 0 Å². The lowest BCUT2D eigenvalue weighted by atomic mass is 10.1. The minimum atomic E-state index is -0.0713. The molecule has 3 aromatic rings. The highest BCUT2D eigenvalue weighted by Crippen LogP contribution is 2.27. The summed E-state index contributed by atoms with van der Waals surface area (Å²) in [6.07, 6.45) is 1.81. The molecule has 0 atom stereocenters. The van der Waals surface area contributed by atoms with Gasteiger partial charge in [0.2, 0.25) is 5.91 Å². The van der Waals surface area contributed by atoms with E-state index in [0.29, 0.717) is 11.7 Å². The van der Waals surface area contributed by atoms with Crippen LogP contribution in [0.1, 0.15) is 11.1 Å². The topological polar surface area (TPSA) is 63.1 Å². The van der Waals surface area contributed by atoms with E-state index in [4.69, 9.17) is 0 Å². The summed E-state index contributed by atoms with van der Waals surface area (Å²) in [5, 5.41) is 12.4. The van der Waals surface area contributed by atoms with E-state index < -0.39 is 0 Å². The molecule has 0 aliphatic carbocycles. The van der Waals surface area contributed by atoms with Crippen molar-refractivity contribution in [2.45, 2.75) is 25.5 Å². The average molecular weight is 422 g/mol. The van der Waals surface area contributed by atoms with Crippen LogP contribution in [0, 0.1) is 13.8 Å². The zero-order chi connectivity index (χ0) is 21.7. The van der Waals surface area contributed by atoms with Crippen LogP contribution in [0.4, 0.5) is 11.4 Å². The van der Waals surface area contributed by atoms with Gasteiger partial charge in [0.15, 0.2) is 11.0 Å². The van der Waals surface area contributed by atoms with Gasteiger partial charge in [0.25, 0.3) is 0 Å². The molecule has 0 saturated heterocycles. The molecule has 1 aromatic heterocycles. The van der Waals surface area contributed by atoms with Gasteiger partial charge in [-0.2, -0.15) is 0 Å². The van der Waals surface area contributed by atoms with Crippen LogP contribution in [0.2, 0.25) is 0 Å². The van der Waals surface area contributed by atoms with Crippen LogP contribution >= 0.6 is 11.8 Å². The first-order valence-corrected chi connectivity index (χ1v) is 10.7. The van der Waals surface area contributed by atoms with Crippen LogP contribution in [0.15, 0.2) is 60.3 Å².